The molecule has 0 unspecified atom stereocenters. The molecule has 0 bridgehead atoms. The highest BCUT2D eigenvalue weighted by molar-refractivity contribution is 5.90. The number of nitrogens with zero attached hydrogens (tertiary/aromatic N) is 2. The molecule has 0 aromatic rings. The van der Waals surface area contributed by atoms with Crippen LogP contribution in [0.5, 0.6) is 0 Å². The van der Waals surface area contributed by atoms with Crippen LogP contribution >= 0.6 is 0 Å². The minimum atomic E-state index is -3.34. The first-order valence-electron chi connectivity index (χ1n) is 9.08. The zero-order chi connectivity index (χ0) is 20.0. The minimum absolute atomic E-state index is 0.000853. The Morgan fingerprint density at radius 1 is 1.19 bits per heavy atom. The van der Waals surface area contributed by atoms with E-state index in [9.17, 15) is 18.4 Å². The van der Waals surface area contributed by atoms with Gasteiger partial charge in [0.05, 0.1) is 16.9 Å². The van der Waals surface area contributed by atoms with Crippen LogP contribution in [0.15, 0.2) is 11.3 Å². The number of carbonyl (C=O) groups is 2. The number of alkyl halides is 2. The van der Waals surface area contributed by atoms with Crippen molar-refractivity contribution in [1.82, 2.24) is 9.80 Å². The summed E-state index contributed by atoms with van der Waals surface area (Å²) in [7, 11) is 0. The number of morpholine rings is 1. The first-order valence-corrected chi connectivity index (χ1v) is 9.08. The molecule has 2 fully saturated rings. The summed E-state index contributed by atoms with van der Waals surface area (Å²) in [6.45, 7) is 7.07. The summed E-state index contributed by atoms with van der Waals surface area (Å²) in [5.74, 6) is -0.478. The molecule has 0 aromatic carbocycles. The lowest BCUT2D eigenvalue weighted by molar-refractivity contribution is -0.333. The molecule has 3 heterocycles. The van der Waals surface area contributed by atoms with E-state index in [0.29, 0.717) is 11.3 Å². The summed E-state index contributed by atoms with van der Waals surface area (Å²) in [5.41, 5.74) is -0.860. The fourth-order valence-corrected chi connectivity index (χ4v) is 3.68. The van der Waals surface area contributed by atoms with Crippen molar-refractivity contribution < 1.29 is 32.6 Å². The zero-order valence-corrected chi connectivity index (χ0v) is 16.1. The van der Waals surface area contributed by atoms with Gasteiger partial charge in [-0.05, 0) is 40.5 Å². The van der Waals surface area contributed by atoms with Gasteiger partial charge in [0, 0.05) is 19.6 Å². The molecule has 1 spiro atoms. The summed E-state index contributed by atoms with van der Waals surface area (Å²) < 4.78 is 44.1. The van der Waals surface area contributed by atoms with Gasteiger partial charge < -0.3 is 24.0 Å². The molecule has 152 valence electrons. The second kappa shape index (κ2) is 6.61. The van der Waals surface area contributed by atoms with Crippen LogP contribution in [-0.2, 0) is 19.0 Å². The van der Waals surface area contributed by atoms with Crippen molar-refractivity contribution in [2.75, 3.05) is 32.8 Å². The number of hydrogen-bond acceptors (Lipinski definition) is 6. The number of amides is 1. The maximum absolute atomic E-state index is 14.3. The first kappa shape index (κ1) is 19.9. The van der Waals surface area contributed by atoms with E-state index in [2.05, 4.69) is 0 Å². The number of esters is 1. The van der Waals surface area contributed by atoms with Crippen LogP contribution in [0.25, 0.3) is 0 Å². The van der Waals surface area contributed by atoms with E-state index in [0.717, 1.165) is 0 Å². The summed E-state index contributed by atoms with van der Waals surface area (Å²) in [6.07, 6.45) is -3.27. The molecule has 2 saturated heterocycles. The standard InChI is InChI=1S/C18H26F2N2O5/c1-12-13(9-25-14(12)23)22-10-17(27-18(19,20)11-22)5-7-21(8-6-17)15(24)26-16(2,3)4/h5-11H2,1-4H3. The molecule has 27 heavy (non-hydrogen) atoms. The van der Waals surface area contributed by atoms with Gasteiger partial charge in [-0.1, -0.05) is 0 Å². The van der Waals surface area contributed by atoms with Crippen LogP contribution in [0.3, 0.4) is 0 Å². The second-order valence-corrected chi connectivity index (χ2v) is 8.39. The molecule has 0 atom stereocenters. The third-order valence-electron chi connectivity index (χ3n) is 5.01. The van der Waals surface area contributed by atoms with Crippen molar-refractivity contribution in [3.63, 3.8) is 0 Å². The van der Waals surface area contributed by atoms with E-state index >= 15 is 0 Å². The zero-order valence-electron chi connectivity index (χ0n) is 16.1. The van der Waals surface area contributed by atoms with Crippen LogP contribution in [0.1, 0.15) is 40.5 Å². The van der Waals surface area contributed by atoms with Gasteiger partial charge in [-0.2, -0.15) is 8.78 Å². The minimum Gasteiger partial charge on any atom is -0.456 e. The molecular weight excluding hydrogens is 362 g/mol. The van der Waals surface area contributed by atoms with Crippen molar-refractivity contribution in [2.45, 2.75) is 57.8 Å². The number of hydrogen-bond donors (Lipinski definition) is 0. The number of likely N-dealkylation sites (tertiary alicyclic amines) is 1. The highest BCUT2D eigenvalue weighted by Crippen LogP contribution is 2.40. The predicted molar refractivity (Wildman–Crippen MR) is 91.0 cm³/mol. The Bertz CT molecular complexity index is 663. The van der Waals surface area contributed by atoms with E-state index in [1.54, 1.807) is 27.7 Å². The van der Waals surface area contributed by atoms with Crippen molar-refractivity contribution >= 4 is 12.1 Å². The monoisotopic (exact) mass is 388 g/mol. The van der Waals surface area contributed by atoms with Crippen molar-refractivity contribution in [3.8, 4) is 0 Å². The fourth-order valence-electron chi connectivity index (χ4n) is 3.68. The molecule has 1 amide bonds. The molecule has 3 aliphatic heterocycles. The van der Waals surface area contributed by atoms with Gasteiger partial charge in [-0.15, -0.1) is 0 Å². The quantitative estimate of drug-likeness (QED) is 0.643. The van der Waals surface area contributed by atoms with Crippen molar-refractivity contribution in [3.05, 3.63) is 11.3 Å². The SMILES string of the molecule is CC1=C(N2CC(F)(F)OC3(CCN(C(=O)OC(C)(C)C)CC3)C2)COC1=O. The lowest BCUT2D eigenvalue weighted by atomic mass is 9.89. The van der Waals surface area contributed by atoms with E-state index in [-0.39, 0.29) is 39.1 Å². The van der Waals surface area contributed by atoms with Crippen molar-refractivity contribution in [2.24, 2.45) is 0 Å². The smallest absolute Gasteiger partial charge is 0.410 e. The van der Waals surface area contributed by atoms with E-state index in [1.807, 2.05) is 0 Å². The summed E-state index contributed by atoms with van der Waals surface area (Å²) in [6, 6.07) is 0. The van der Waals surface area contributed by atoms with Crippen LogP contribution in [0.4, 0.5) is 13.6 Å². The molecule has 9 heteroatoms. The Hall–Kier alpha value is -1.90. The molecule has 0 saturated carbocycles. The normalized spacial score (nSPS) is 25.0. The first-order chi connectivity index (χ1) is 12.4. The average Bonchev–Trinajstić information content (AvgIpc) is 2.84. The second-order valence-electron chi connectivity index (χ2n) is 8.39. The molecule has 3 aliphatic rings. The van der Waals surface area contributed by atoms with E-state index < -0.39 is 35.9 Å². The number of carbonyl (C=O) groups excluding carboxylic acids is 2. The van der Waals surface area contributed by atoms with Gasteiger partial charge in [0.2, 0.25) is 0 Å². The van der Waals surface area contributed by atoms with Gasteiger partial charge >= 0.3 is 18.2 Å². The van der Waals surface area contributed by atoms with Crippen LogP contribution in [0, 0.1) is 0 Å². The van der Waals surface area contributed by atoms with Gasteiger partial charge in [0.15, 0.2) is 0 Å². The van der Waals surface area contributed by atoms with Crippen LogP contribution in [0.2, 0.25) is 0 Å². The number of cyclic esters (lactones) is 1. The third-order valence-corrected chi connectivity index (χ3v) is 5.01. The largest absolute Gasteiger partial charge is 0.456 e. The van der Waals surface area contributed by atoms with Gasteiger partial charge in [0.25, 0.3) is 0 Å². The third kappa shape index (κ3) is 4.34. The van der Waals surface area contributed by atoms with Gasteiger partial charge in [0.1, 0.15) is 18.8 Å². The fraction of sp³-hybridized carbons (Fsp3) is 0.778. The lowest BCUT2D eigenvalue weighted by Gasteiger charge is -2.50. The Morgan fingerprint density at radius 3 is 2.33 bits per heavy atom. The number of ether oxygens (including phenoxy) is 3. The van der Waals surface area contributed by atoms with E-state index in [4.69, 9.17) is 14.2 Å². The Labute approximate surface area is 157 Å². The molecule has 3 rings (SSSR count). The predicted octanol–water partition coefficient (Wildman–Crippen LogP) is 2.51. The Balaban J connectivity index is 1.71. The molecule has 0 aliphatic carbocycles. The van der Waals surface area contributed by atoms with Crippen molar-refractivity contribution in [1.29, 1.82) is 0 Å². The van der Waals surface area contributed by atoms with Gasteiger partial charge in [-0.3, -0.25) is 0 Å². The topological polar surface area (TPSA) is 68.3 Å². The van der Waals surface area contributed by atoms with E-state index in [1.165, 1.54) is 9.80 Å². The highest BCUT2D eigenvalue weighted by Gasteiger charge is 2.52. The molecule has 0 radical (unpaired) electrons. The lowest BCUT2D eigenvalue weighted by Crippen LogP contribution is -2.62. The number of piperidine rings is 1. The highest BCUT2D eigenvalue weighted by atomic mass is 19.3. The Kier molecular flexibility index (Phi) is 4.86. The summed E-state index contributed by atoms with van der Waals surface area (Å²) in [5, 5.41) is 0. The molecule has 0 N–H and O–H groups in total. The Morgan fingerprint density at radius 2 is 1.81 bits per heavy atom. The molecular formula is C18H26F2N2O5. The summed E-state index contributed by atoms with van der Waals surface area (Å²) in [4.78, 5) is 26.8. The van der Waals surface area contributed by atoms with Crippen LogP contribution in [-0.4, -0.2) is 72.0 Å². The maximum atomic E-state index is 14.3. The van der Waals surface area contributed by atoms with Crippen LogP contribution < -0.4 is 0 Å². The molecule has 0 aromatic heterocycles. The number of rotatable bonds is 1. The number of halogens is 2. The maximum Gasteiger partial charge on any atom is 0.410 e. The van der Waals surface area contributed by atoms with Gasteiger partial charge in [-0.25, -0.2) is 9.59 Å². The molecule has 7 nitrogen and oxygen atoms in total. The summed E-state index contributed by atoms with van der Waals surface area (Å²) >= 11 is 0. The average molecular weight is 388 g/mol.